The summed E-state index contributed by atoms with van der Waals surface area (Å²) in [5.41, 5.74) is 3.56. The average molecular weight is 314 g/mol. The molecule has 5 heteroatoms. The molecule has 4 nitrogen and oxygen atoms in total. The summed E-state index contributed by atoms with van der Waals surface area (Å²) in [6.45, 7) is 1.97. The lowest BCUT2D eigenvalue weighted by Crippen LogP contribution is -2.13. The second-order valence-electron chi connectivity index (χ2n) is 5.10. The van der Waals surface area contributed by atoms with E-state index in [4.69, 9.17) is 11.6 Å². The number of nitrogens with one attached hydrogen (secondary N) is 1. The van der Waals surface area contributed by atoms with Crippen molar-refractivity contribution < 1.29 is 4.79 Å². The van der Waals surface area contributed by atoms with Crippen molar-refractivity contribution in [1.82, 2.24) is 9.38 Å². The summed E-state index contributed by atoms with van der Waals surface area (Å²) in [5.74, 6) is -0.0571. The molecule has 3 rings (SSSR count). The fraction of sp³-hybridized carbons (Fsp3) is 0.176. The number of imidazole rings is 1. The quantitative estimate of drug-likeness (QED) is 0.795. The number of fused-ring (bicyclic) bond motifs is 1. The van der Waals surface area contributed by atoms with Gasteiger partial charge < -0.3 is 9.72 Å². The molecule has 22 heavy (non-hydrogen) atoms. The van der Waals surface area contributed by atoms with E-state index in [1.807, 2.05) is 47.9 Å². The second kappa shape index (κ2) is 6.20. The number of carbonyl (C=O) groups is 1. The van der Waals surface area contributed by atoms with Crippen LogP contribution in [0.25, 0.3) is 5.65 Å². The Bertz CT molecular complexity index is 826. The number of para-hydroxylation sites is 1. The summed E-state index contributed by atoms with van der Waals surface area (Å²) < 4.78 is 2.03. The molecule has 0 atom stereocenters. The van der Waals surface area contributed by atoms with Gasteiger partial charge in [0.15, 0.2) is 0 Å². The fourth-order valence-electron chi connectivity index (χ4n) is 2.47. The summed E-state index contributed by atoms with van der Waals surface area (Å²) in [6.07, 6.45) is 2.98. The lowest BCUT2D eigenvalue weighted by molar-refractivity contribution is -0.116. The Balaban J connectivity index is 1.70. The second-order valence-corrected chi connectivity index (χ2v) is 5.51. The highest BCUT2D eigenvalue weighted by Crippen LogP contribution is 2.21. The zero-order valence-electron chi connectivity index (χ0n) is 12.2. The minimum atomic E-state index is -0.0571. The molecule has 0 unspecified atom stereocenters. The number of aryl methyl sites for hydroxylation is 2. The van der Waals surface area contributed by atoms with E-state index in [0.29, 0.717) is 23.6 Å². The van der Waals surface area contributed by atoms with Crippen molar-refractivity contribution in [2.75, 3.05) is 5.32 Å². The van der Waals surface area contributed by atoms with Crippen LogP contribution in [0.2, 0.25) is 5.02 Å². The van der Waals surface area contributed by atoms with Gasteiger partial charge in [-0.15, -0.1) is 0 Å². The van der Waals surface area contributed by atoms with Crippen molar-refractivity contribution in [2.45, 2.75) is 19.8 Å². The lowest BCUT2D eigenvalue weighted by atomic mass is 10.2. The van der Waals surface area contributed by atoms with Gasteiger partial charge in [0.2, 0.25) is 5.91 Å². The molecular weight excluding hydrogens is 298 g/mol. The molecule has 0 aliphatic rings. The number of anilines is 1. The zero-order chi connectivity index (χ0) is 15.5. The van der Waals surface area contributed by atoms with E-state index in [0.717, 1.165) is 17.0 Å². The van der Waals surface area contributed by atoms with E-state index >= 15 is 0 Å². The van der Waals surface area contributed by atoms with Crippen molar-refractivity contribution in [3.8, 4) is 0 Å². The van der Waals surface area contributed by atoms with Crippen LogP contribution in [-0.4, -0.2) is 15.3 Å². The van der Waals surface area contributed by atoms with Gasteiger partial charge in [-0.25, -0.2) is 4.98 Å². The van der Waals surface area contributed by atoms with Crippen molar-refractivity contribution in [1.29, 1.82) is 0 Å². The minimum absolute atomic E-state index is 0.0571. The Morgan fingerprint density at radius 2 is 2.00 bits per heavy atom. The first-order chi connectivity index (χ1) is 10.6. The number of nitrogens with zero attached hydrogens (tertiary/aromatic N) is 2. The maximum Gasteiger partial charge on any atom is 0.224 e. The molecule has 2 aromatic heterocycles. The van der Waals surface area contributed by atoms with Crippen LogP contribution in [0.5, 0.6) is 0 Å². The molecule has 1 amide bonds. The maximum atomic E-state index is 12.1. The first kappa shape index (κ1) is 14.6. The van der Waals surface area contributed by atoms with Crippen LogP contribution in [0.3, 0.4) is 0 Å². The molecule has 0 saturated heterocycles. The molecule has 0 fully saturated rings. The number of rotatable bonds is 4. The largest absolute Gasteiger partial charge is 0.325 e. The molecule has 0 radical (unpaired) electrons. The van der Waals surface area contributed by atoms with E-state index in [9.17, 15) is 4.79 Å². The molecule has 0 aliphatic carbocycles. The Kier molecular flexibility index (Phi) is 4.11. The van der Waals surface area contributed by atoms with Crippen LogP contribution >= 0.6 is 11.6 Å². The van der Waals surface area contributed by atoms with Crippen LogP contribution in [0, 0.1) is 6.92 Å². The third-order valence-corrected chi connectivity index (χ3v) is 3.90. The normalized spacial score (nSPS) is 10.8. The molecule has 1 aromatic carbocycles. The Morgan fingerprint density at radius 3 is 2.82 bits per heavy atom. The van der Waals surface area contributed by atoms with Crippen LogP contribution in [-0.2, 0) is 11.2 Å². The summed E-state index contributed by atoms with van der Waals surface area (Å²) in [6, 6.07) is 13.1. The van der Waals surface area contributed by atoms with Gasteiger partial charge in [-0.2, -0.15) is 0 Å². The fourth-order valence-corrected chi connectivity index (χ4v) is 2.66. The molecule has 0 saturated carbocycles. The number of aromatic nitrogens is 2. The van der Waals surface area contributed by atoms with Crippen LogP contribution in [0.1, 0.15) is 17.8 Å². The number of hydrogen-bond acceptors (Lipinski definition) is 2. The van der Waals surface area contributed by atoms with Gasteiger partial charge in [0, 0.05) is 18.3 Å². The van der Waals surface area contributed by atoms with Crippen LogP contribution in [0.15, 0.2) is 48.7 Å². The summed E-state index contributed by atoms with van der Waals surface area (Å²) in [5, 5.41) is 3.38. The van der Waals surface area contributed by atoms with E-state index in [-0.39, 0.29) is 5.91 Å². The molecule has 3 aromatic rings. The standard InChI is InChI=1S/C17H16ClN3O/c1-12-15(21-11-5-4-8-16(21)19-12)9-10-17(22)20-14-7-3-2-6-13(14)18/h2-8,11H,9-10H2,1H3,(H,20,22). The molecule has 0 aliphatic heterocycles. The van der Waals surface area contributed by atoms with Crippen molar-refractivity contribution >= 4 is 28.8 Å². The first-order valence-electron chi connectivity index (χ1n) is 7.12. The molecule has 2 heterocycles. The first-order valence-corrected chi connectivity index (χ1v) is 7.50. The van der Waals surface area contributed by atoms with Gasteiger partial charge in [-0.1, -0.05) is 29.8 Å². The predicted molar refractivity (Wildman–Crippen MR) is 88.3 cm³/mol. The predicted octanol–water partition coefficient (Wildman–Crippen LogP) is 3.87. The van der Waals surface area contributed by atoms with E-state index in [1.165, 1.54) is 0 Å². The highest BCUT2D eigenvalue weighted by molar-refractivity contribution is 6.33. The highest BCUT2D eigenvalue weighted by atomic mass is 35.5. The van der Waals surface area contributed by atoms with Crippen LogP contribution < -0.4 is 5.32 Å². The monoisotopic (exact) mass is 313 g/mol. The Hall–Kier alpha value is -2.33. The summed E-state index contributed by atoms with van der Waals surface area (Å²) in [7, 11) is 0. The number of halogens is 1. The van der Waals surface area contributed by atoms with Gasteiger partial charge in [-0.3, -0.25) is 4.79 Å². The summed E-state index contributed by atoms with van der Waals surface area (Å²) in [4.78, 5) is 16.6. The lowest BCUT2D eigenvalue weighted by Gasteiger charge is -2.07. The van der Waals surface area contributed by atoms with Crippen molar-refractivity contribution in [2.24, 2.45) is 0 Å². The molecular formula is C17H16ClN3O. The van der Waals surface area contributed by atoms with Gasteiger partial charge >= 0.3 is 0 Å². The zero-order valence-corrected chi connectivity index (χ0v) is 13.0. The van der Waals surface area contributed by atoms with Gasteiger partial charge in [0.1, 0.15) is 5.65 Å². The third-order valence-electron chi connectivity index (χ3n) is 3.57. The molecule has 0 bridgehead atoms. The average Bonchev–Trinajstić information content (AvgIpc) is 2.83. The summed E-state index contributed by atoms with van der Waals surface area (Å²) >= 11 is 6.04. The number of benzene rings is 1. The van der Waals surface area contributed by atoms with E-state index < -0.39 is 0 Å². The SMILES string of the molecule is Cc1nc2ccccn2c1CCC(=O)Nc1ccccc1Cl. The molecule has 0 spiro atoms. The topological polar surface area (TPSA) is 46.4 Å². The third kappa shape index (κ3) is 2.97. The van der Waals surface area contributed by atoms with Crippen LogP contribution in [0.4, 0.5) is 5.69 Å². The van der Waals surface area contributed by atoms with Gasteiger partial charge in [0.25, 0.3) is 0 Å². The van der Waals surface area contributed by atoms with Crippen molar-refractivity contribution in [3.63, 3.8) is 0 Å². The maximum absolute atomic E-state index is 12.1. The highest BCUT2D eigenvalue weighted by Gasteiger charge is 2.11. The molecule has 1 N–H and O–H groups in total. The van der Waals surface area contributed by atoms with Crippen molar-refractivity contribution in [3.05, 3.63) is 65.1 Å². The van der Waals surface area contributed by atoms with E-state index in [1.54, 1.807) is 12.1 Å². The Labute approximate surface area is 133 Å². The molecule has 112 valence electrons. The smallest absolute Gasteiger partial charge is 0.224 e. The number of pyridine rings is 1. The van der Waals surface area contributed by atoms with Gasteiger partial charge in [-0.05, 0) is 37.6 Å². The minimum Gasteiger partial charge on any atom is -0.325 e. The number of amides is 1. The number of hydrogen-bond donors (Lipinski definition) is 1. The number of carbonyl (C=O) groups excluding carboxylic acids is 1. The van der Waals surface area contributed by atoms with E-state index in [2.05, 4.69) is 10.3 Å². The Morgan fingerprint density at radius 1 is 1.23 bits per heavy atom. The van der Waals surface area contributed by atoms with Gasteiger partial charge in [0.05, 0.1) is 16.4 Å².